The molecule has 0 radical (unpaired) electrons. The van der Waals surface area contributed by atoms with Crippen molar-refractivity contribution in [3.63, 3.8) is 0 Å². The maximum absolute atomic E-state index is 9.77. The lowest BCUT2D eigenvalue weighted by molar-refractivity contribution is 0.475. The number of nitrogens with zero attached hydrogens (tertiary/aromatic N) is 8. The van der Waals surface area contributed by atoms with Crippen molar-refractivity contribution >= 4 is 54.7 Å². The number of phenolic OH excluding ortho intramolecular Hbond substituents is 2. The van der Waals surface area contributed by atoms with E-state index in [9.17, 15) is 10.2 Å². The Hall–Kier alpha value is -5.34. The quantitative estimate of drug-likeness (QED) is 0.244. The number of aromatic hydroxyl groups is 2. The van der Waals surface area contributed by atoms with Gasteiger partial charge in [-0.05, 0) is 59.3 Å². The molecule has 0 unspecified atom stereocenters. The molecule has 5 aromatic heterocycles. The van der Waals surface area contributed by atoms with Crippen molar-refractivity contribution in [2.24, 2.45) is 9.98 Å². The van der Waals surface area contributed by atoms with Crippen LogP contribution in [0.2, 0.25) is 0 Å². The molecule has 0 aliphatic rings. The standard InChI is InChI=1S/C26H16N10O2S2/c37-15-5-1-13-3-7-19(29-17(13)11-15)31-25-35-33-23(39-25)21-22(28-10-9-27-21)24-34-36-26(40-24)32-20-8-4-14-2-6-16(38)12-18(14)30-20/h1-12,37-38H,(H,29,31,35)(H,30,32,36). The number of nitrogens with one attached hydrogen (secondary N) is 2. The first-order chi connectivity index (χ1) is 19.6. The predicted molar refractivity (Wildman–Crippen MR) is 150 cm³/mol. The molecular formula is C26H16N10O2S2. The maximum Gasteiger partial charge on any atom is 0.233 e. The zero-order chi connectivity index (χ0) is 27.1. The minimum absolute atomic E-state index is 0.164. The van der Waals surface area contributed by atoms with Crippen molar-refractivity contribution in [3.05, 3.63) is 84.0 Å². The monoisotopic (exact) mass is 564 g/mol. The van der Waals surface area contributed by atoms with Gasteiger partial charge in [0.15, 0.2) is 10.0 Å². The summed E-state index contributed by atoms with van der Waals surface area (Å²) in [6, 6.07) is 17.6. The molecule has 7 aromatic rings. The molecule has 12 nitrogen and oxygen atoms in total. The average Bonchev–Trinajstić information content (AvgIpc) is 3.62. The lowest BCUT2D eigenvalue weighted by atomic mass is 10.2. The van der Waals surface area contributed by atoms with Gasteiger partial charge in [0.25, 0.3) is 0 Å². The molecule has 0 spiro atoms. The van der Waals surface area contributed by atoms with Gasteiger partial charge in [-0.25, -0.2) is 20.0 Å². The molecule has 0 bridgehead atoms. The van der Waals surface area contributed by atoms with Crippen molar-refractivity contribution in [1.82, 2.24) is 40.3 Å². The fourth-order valence-corrected chi connectivity index (χ4v) is 5.45. The van der Waals surface area contributed by atoms with Crippen LogP contribution in [0, 0.1) is 0 Å². The highest BCUT2D eigenvalue weighted by molar-refractivity contribution is 7.19. The van der Waals surface area contributed by atoms with Crippen molar-refractivity contribution < 1.29 is 10.2 Å². The molecule has 40 heavy (non-hydrogen) atoms. The molecule has 194 valence electrons. The number of hydrogen-bond donors (Lipinski definition) is 4. The number of benzene rings is 2. The van der Waals surface area contributed by atoms with Gasteiger partial charge in [-0.15, -0.1) is 20.4 Å². The smallest absolute Gasteiger partial charge is 0.233 e. The molecule has 2 aromatic carbocycles. The SMILES string of the molecule is Oc1ccc2ccc(=Nc3nnc(-c4nccnc4-c4nnc(N=c5ccc6ccc(O)cc6[nH]5)s4)s3)[nH]c2c1. The molecule has 4 N–H and O–H groups in total. The van der Waals surface area contributed by atoms with Crippen molar-refractivity contribution in [2.45, 2.75) is 0 Å². The second kappa shape index (κ2) is 9.76. The first-order valence-electron chi connectivity index (χ1n) is 11.8. The highest BCUT2D eigenvalue weighted by Crippen LogP contribution is 2.35. The minimum atomic E-state index is 0.164. The summed E-state index contributed by atoms with van der Waals surface area (Å²) in [4.78, 5) is 24.4. The van der Waals surface area contributed by atoms with E-state index in [1.807, 2.05) is 36.4 Å². The average molecular weight is 565 g/mol. The zero-order valence-electron chi connectivity index (χ0n) is 20.2. The fourth-order valence-electron chi connectivity index (χ4n) is 3.99. The number of rotatable bonds is 4. The number of phenols is 2. The molecule has 7 rings (SSSR count). The van der Waals surface area contributed by atoms with Crippen LogP contribution in [0.25, 0.3) is 43.2 Å². The molecular weight excluding hydrogens is 548 g/mol. The van der Waals surface area contributed by atoms with Crippen LogP contribution in [-0.4, -0.2) is 50.5 Å². The Labute approximate surface area is 231 Å². The van der Waals surface area contributed by atoms with E-state index in [4.69, 9.17) is 0 Å². The Morgan fingerprint density at radius 1 is 0.575 bits per heavy atom. The fraction of sp³-hybridized carbons (Fsp3) is 0. The van der Waals surface area contributed by atoms with E-state index in [2.05, 4.69) is 50.3 Å². The number of aromatic nitrogens is 8. The molecule has 0 saturated heterocycles. The van der Waals surface area contributed by atoms with E-state index >= 15 is 0 Å². The summed E-state index contributed by atoms with van der Waals surface area (Å²) >= 11 is 2.51. The van der Waals surface area contributed by atoms with Gasteiger partial charge in [0, 0.05) is 24.5 Å². The van der Waals surface area contributed by atoms with Crippen LogP contribution < -0.4 is 11.0 Å². The van der Waals surface area contributed by atoms with Crippen LogP contribution in [0.4, 0.5) is 10.3 Å². The maximum atomic E-state index is 9.77. The lowest BCUT2D eigenvalue weighted by Gasteiger charge is -1.99. The summed E-state index contributed by atoms with van der Waals surface area (Å²) in [5, 5.41) is 40.3. The number of fused-ring (bicyclic) bond motifs is 2. The van der Waals surface area contributed by atoms with Crippen molar-refractivity contribution in [1.29, 1.82) is 0 Å². The second-order valence-corrected chi connectivity index (χ2v) is 10.4. The number of pyridine rings is 2. The van der Waals surface area contributed by atoms with Gasteiger partial charge in [-0.3, -0.25) is 0 Å². The van der Waals surface area contributed by atoms with E-state index in [0.717, 1.165) is 21.8 Å². The predicted octanol–water partition coefficient (Wildman–Crippen LogP) is 4.35. The van der Waals surface area contributed by atoms with Crippen LogP contribution in [0.1, 0.15) is 0 Å². The van der Waals surface area contributed by atoms with Gasteiger partial charge in [0.2, 0.25) is 10.3 Å². The summed E-state index contributed by atoms with van der Waals surface area (Å²) in [7, 11) is 0. The zero-order valence-corrected chi connectivity index (χ0v) is 21.8. The third kappa shape index (κ3) is 4.68. The van der Waals surface area contributed by atoms with Crippen LogP contribution >= 0.6 is 22.7 Å². The van der Waals surface area contributed by atoms with E-state index in [-0.39, 0.29) is 11.5 Å². The Balaban J connectivity index is 1.21. The third-order valence-corrected chi connectivity index (χ3v) is 7.45. The number of aromatic amines is 2. The van der Waals surface area contributed by atoms with Crippen molar-refractivity contribution in [2.75, 3.05) is 0 Å². The molecule has 5 heterocycles. The summed E-state index contributed by atoms with van der Waals surface area (Å²) in [5.74, 6) is 0.329. The van der Waals surface area contributed by atoms with E-state index in [1.54, 1.807) is 36.7 Å². The van der Waals surface area contributed by atoms with Gasteiger partial charge in [-0.2, -0.15) is 0 Å². The Morgan fingerprint density at radius 3 is 1.50 bits per heavy atom. The van der Waals surface area contributed by atoms with E-state index in [0.29, 0.717) is 42.6 Å². The topological polar surface area (TPSA) is 174 Å². The van der Waals surface area contributed by atoms with Gasteiger partial charge < -0.3 is 20.2 Å². The first-order valence-corrected chi connectivity index (χ1v) is 13.4. The molecule has 14 heteroatoms. The van der Waals surface area contributed by atoms with E-state index < -0.39 is 0 Å². The Morgan fingerprint density at radius 2 is 1.02 bits per heavy atom. The van der Waals surface area contributed by atoms with Crippen LogP contribution in [-0.2, 0) is 0 Å². The summed E-state index contributed by atoms with van der Waals surface area (Å²) in [6.45, 7) is 0. The normalized spacial score (nSPS) is 12.5. The summed E-state index contributed by atoms with van der Waals surface area (Å²) in [5.41, 5.74) is 3.64. The first kappa shape index (κ1) is 23.8. The van der Waals surface area contributed by atoms with Gasteiger partial charge in [0.1, 0.15) is 33.9 Å². The van der Waals surface area contributed by atoms with E-state index in [1.165, 1.54) is 22.7 Å². The molecule has 0 aliphatic carbocycles. The molecule has 0 aliphatic heterocycles. The number of hydrogen-bond acceptors (Lipinski definition) is 12. The van der Waals surface area contributed by atoms with Gasteiger partial charge in [0.05, 0.1) is 11.0 Å². The van der Waals surface area contributed by atoms with Gasteiger partial charge in [-0.1, -0.05) is 22.7 Å². The molecule has 0 amide bonds. The minimum Gasteiger partial charge on any atom is -0.508 e. The third-order valence-electron chi connectivity index (χ3n) is 5.81. The lowest BCUT2D eigenvalue weighted by Crippen LogP contribution is -2.05. The summed E-state index contributed by atoms with van der Waals surface area (Å²) < 4.78 is 0. The molecule has 0 atom stereocenters. The second-order valence-electron chi connectivity index (χ2n) is 8.49. The number of H-pyrrole nitrogens is 2. The highest BCUT2D eigenvalue weighted by Gasteiger charge is 2.18. The van der Waals surface area contributed by atoms with Crippen LogP contribution in [0.3, 0.4) is 0 Å². The molecule has 0 saturated carbocycles. The Bertz CT molecular complexity index is 2030. The molecule has 0 fully saturated rings. The van der Waals surface area contributed by atoms with Crippen LogP contribution in [0.15, 0.2) is 83.0 Å². The van der Waals surface area contributed by atoms with Gasteiger partial charge >= 0.3 is 0 Å². The highest BCUT2D eigenvalue weighted by atomic mass is 32.1. The van der Waals surface area contributed by atoms with Crippen molar-refractivity contribution in [3.8, 4) is 32.9 Å². The Kier molecular flexibility index (Phi) is 5.79. The largest absolute Gasteiger partial charge is 0.508 e. The summed E-state index contributed by atoms with van der Waals surface area (Å²) in [6.07, 6.45) is 3.15. The van der Waals surface area contributed by atoms with Crippen LogP contribution in [0.5, 0.6) is 11.5 Å².